The summed E-state index contributed by atoms with van der Waals surface area (Å²) in [5.74, 6) is -2.24. The molecule has 0 spiro atoms. The quantitative estimate of drug-likeness (QED) is 0.605. The van der Waals surface area contributed by atoms with Crippen molar-refractivity contribution in [2.45, 2.75) is 11.4 Å². The van der Waals surface area contributed by atoms with Gasteiger partial charge >= 0.3 is 11.9 Å². The van der Waals surface area contributed by atoms with Crippen LogP contribution in [0.2, 0.25) is 0 Å². The van der Waals surface area contributed by atoms with Gasteiger partial charge in [0, 0.05) is 32.7 Å². The van der Waals surface area contributed by atoms with Crippen molar-refractivity contribution in [1.82, 2.24) is 9.21 Å². The van der Waals surface area contributed by atoms with Gasteiger partial charge in [0.05, 0.1) is 19.1 Å². The van der Waals surface area contributed by atoms with Gasteiger partial charge in [-0.25, -0.2) is 18.0 Å². The van der Waals surface area contributed by atoms with Crippen LogP contribution in [0.3, 0.4) is 0 Å². The molecule has 0 saturated carbocycles. The first-order chi connectivity index (χ1) is 15.2. The third-order valence-electron chi connectivity index (χ3n) is 4.75. The molecular weight excluding hydrogens is 440 g/mol. The molecule has 2 N–H and O–H groups in total. The van der Waals surface area contributed by atoms with E-state index in [4.69, 9.17) is 29.3 Å². The van der Waals surface area contributed by atoms with Crippen LogP contribution in [0.25, 0.3) is 0 Å². The van der Waals surface area contributed by atoms with Gasteiger partial charge in [-0.05, 0) is 29.8 Å². The molecular formula is C21H26N2O8S. The fraction of sp³-hybridized carbons (Fsp3) is 0.333. The largest absolute Gasteiger partial charge is 0.493 e. The van der Waals surface area contributed by atoms with Crippen molar-refractivity contribution >= 4 is 22.0 Å². The molecule has 0 aliphatic carbocycles. The molecule has 1 saturated heterocycles. The minimum absolute atomic E-state index is 0.355. The number of carbonyl (C=O) groups is 2. The van der Waals surface area contributed by atoms with Gasteiger partial charge in [-0.15, -0.1) is 0 Å². The van der Waals surface area contributed by atoms with Gasteiger partial charge in [0.1, 0.15) is 0 Å². The first-order valence-corrected chi connectivity index (χ1v) is 11.1. The Kier molecular flexibility index (Phi) is 9.00. The number of benzene rings is 2. The second-order valence-corrected chi connectivity index (χ2v) is 8.73. The van der Waals surface area contributed by atoms with Crippen LogP contribution in [0.15, 0.2) is 53.4 Å². The number of hydrogen-bond acceptors (Lipinski definition) is 7. The maximum absolute atomic E-state index is 12.7. The zero-order valence-corrected chi connectivity index (χ0v) is 18.6. The highest BCUT2D eigenvalue weighted by molar-refractivity contribution is 7.89. The molecule has 11 heteroatoms. The Morgan fingerprint density at radius 2 is 1.44 bits per heavy atom. The Morgan fingerprint density at radius 3 is 1.94 bits per heavy atom. The van der Waals surface area contributed by atoms with Crippen molar-refractivity contribution in [2.75, 3.05) is 40.4 Å². The summed E-state index contributed by atoms with van der Waals surface area (Å²) in [5.41, 5.74) is 1.11. The van der Waals surface area contributed by atoms with Crippen LogP contribution in [0.4, 0.5) is 0 Å². The highest BCUT2D eigenvalue weighted by atomic mass is 32.2. The number of ether oxygens (including phenoxy) is 2. The summed E-state index contributed by atoms with van der Waals surface area (Å²) in [6.07, 6.45) is 0. The molecule has 0 atom stereocenters. The van der Waals surface area contributed by atoms with E-state index < -0.39 is 22.0 Å². The van der Waals surface area contributed by atoms with E-state index in [2.05, 4.69) is 4.90 Å². The Morgan fingerprint density at radius 1 is 0.875 bits per heavy atom. The third-order valence-corrected chi connectivity index (χ3v) is 6.66. The van der Waals surface area contributed by atoms with E-state index in [0.717, 1.165) is 12.1 Å². The average Bonchev–Trinajstić information content (AvgIpc) is 2.80. The standard InChI is InChI=1S/C19H24N2O4S.C2H2O4/c1-24-18-9-8-16(14-19(18)25-2)15-20-10-12-21(13-11-20)26(22,23)17-6-4-3-5-7-17;3-1(4)2(5)6/h3-9,14H,10-13,15H2,1-2H3;(H,3,4)(H,5,6). The fourth-order valence-corrected chi connectivity index (χ4v) is 4.55. The van der Waals surface area contributed by atoms with Gasteiger partial charge in [0.15, 0.2) is 11.5 Å². The summed E-state index contributed by atoms with van der Waals surface area (Å²) < 4.78 is 37.5. The van der Waals surface area contributed by atoms with Crippen LogP contribution in [0.5, 0.6) is 11.5 Å². The number of methoxy groups -OCH3 is 2. The second kappa shape index (κ2) is 11.5. The van der Waals surface area contributed by atoms with Crippen LogP contribution in [-0.2, 0) is 26.2 Å². The lowest BCUT2D eigenvalue weighted by molar-refractivity contribution is -0.159. The lowest BCUT2D eigenvalue weighted by Gasteiger charge is -2.34. The SMILES string of the molecule is COc1ccc(CN2CCN(S(=O)(=O)c3ccccc3)CC2)cc1OC.O=C(O)C(=O)O. The average molecular weight is 467 g/mol. The maximum atomic E-state index is 12.7. The first kappa shape index (κ1) is 25.1. The third kappa shape index (κ3) is 6.67. The molecule has 0 bridgehead atoms. The lowest BCUT2D eigenvalue weighted by atomic mass is 10.1. The van der Waals surface area contributed by atoms with Crippen molar-refractivity contribution in [3.63, 3.8) is 0 Å². The molecule has 0 radical (unpaired) electrons. The van der Waals surface area contributed by atoms with Crippen molar-refractivity contribution in [1.29, 1.82) is 0 Å². The van der Waals surface area contributed by atoms with E-state index in [9.17, 15) is 8.42 Å². The number of piperazine rings is 1. The van der Waals surface area contributed by atoms with E-state index >= 15 is 0 Å². The molecule has 2 aromatic rings. The summed E-state index contributed by atoms with van der Waals surface area (Å²) in [6.45, 7) is 3.12. The normalized spacial score (nSPS) is 14.7. The molecule has 1 fully saturated rings. The highest BCUT2D eigenvalue weighted by Crippen LogP contribution is 2.28. The molecule has 2 aromatic carbocycles. The molecule has 174 valence electrons. The van der Waals surface area contributed by atoms with E-state index in [0.29, 0.717) is 42.6 Å². The Balaban J connectivity index is 0.000000534. The summed E-state index contributed by atoms with van der Waals surface area (Å²) in [7, 11) is -0.173. The summed E-state index contributed by atoms with van der Waals surface area (Å²) >= 11 is 0. The van der Waals surface area contributed by atoms with Gasteiger partial charge in [-0.1, -0.05) is 24.3 Å². The van der Waals surface area contributed by atoms with Gasteiger partial charge in [0.25, 0.3) is 0 Å². The number of carboxylic acids is 2. The number of aliphatic carboxylic acids is 2. The van der Waals surface area contributed by atoms with Gasteiger partial charge in [-0.3, -0.25) is 4.90 Å². The number of hydrogen-bond donors (Lipinski definition) is 2. The molecule has 0 aromatic heterocycles. The molecule has 10 nitrogen and oxygen atoms in total. The topological polar surface area (TPSA) is 134 Å². The van der Waals surface area contributed by atoms with Crippen LogP contribution in [0.1, 0.15) is 5.56 Å². The predicted octanol–water partition coefficient (Wildman–Crippen LogP) is 1.37. The molecule has 1 heterocycles. The van der Waals surface area contributed by atoms with Gasteiger partial charge in [-0.2, -0.15) is 4.31 Å². The Labute approximate surface area is 186 Å². The van der Waals surface area contributed by atoms with E-state index in [1.165, 1.54) is 0 Å². The van der Waals surface area contributed by atoms with Gasteiger partial charge in [0.2, 0.25) is 10.0 Å². The zero-order valence-electron chi connectivity index (χ0n) is 17.8. The Hall–Kier alpha value is -3.15. The molecule has 1 aliphatic rings. The minimum Gasteiger partial charge on any atom is -0.493 e. The lowest BCUT2D eigenvalue weighted by Crippen LogP contribution is -2.48. The maximum Gasteiger partial charge on any atom is 0.414 e. The molecule has 1 aliphatic heterocycles. The van der Waals surface area contributed by atoms with Crippen molar-refractivity contribution in [2.24, 2.45) is 0 Å². The smallest absolute Gasteiger partial charge is 0.414 e. The molecule has 3 rings (SSSR count). The first-order valence-electron chi connectivity index (χ1n) is 9.63. The van der Waals surface area contributed by atoms with Crippen molar-refractivity contribution < 1.29 is 37.7 Å². The molecule has 0 amide bonds. The van der Waals surface area contributed by atoms with E-state index in [-0.39, 0.29) is 0 Å². The summed E-state index contributed by atoms with van der Waals surface area (Å²) in [6, 6.07) is 14.5. The molecule has 0 unspecified atom stereocenters. The van der Waals surface area contributed by atoms with Crippen molar-refractivity contribution in [3.05, 3.63) is 54.1 Å². The van der Waals surface area contributed by atoms with Crippen LogP contribution in [-0.4, -0.2) is 80.2 Å². The van der Waals surface area contributed by atoms with Gasteiger partial charge < -0.3 is 19.7 Å². The summed E-state index contributed by atoms with van der Waals surface area (Å²) in [5, 5.41) is 14.8. The Bertz CT molecular complexity index is 1010. The monoisotopic (exact) mass is 466 g/mol. The van der Waals surface area contributed by atoms with Crippen molar-refractivity contribution in [3.8, 4) is 11.5 Å². The number of rotatable bonds is 6. The second-order valence-electron chi connectivity index (χ2n) is 6.79. The van der Waals surface area contributed by atoms with Crippen LogP contribution in [0, 0.1) is 0 Å². The minimum atomic E-state index is -3.41. The molecule has 32 heavy (non-hydrogen) atoms. The van der Waals surface area contributed by atoms with E-state index in [1.807, 2.05) is 24.3 Å². The fourth-order valence-electron chi connectivity index (χ4n) is 3.11. The van der Waals surface area contributed by atoms with Crippen LogP contribution < -0.4 is 9.47 Å². The van der Waals surface area contributed by atoms with Crippen LogP contribution >= 0.6 is 0 Å². The number of carboxylic acid groups (broad SMARTS) is 2. The summed E-state index contributed by atoms with van der Waals surface area (Å²) in [4.78, 5) is 20.8. The number of nitrogens with zero attached hydrogens (tertiary/aromatic N) is 2. The highest BCUT2D eigenvalue weighted by Gasteiger charge is 2.28. The number of sulfonamides is 1. The zero-order chi connectivity index (χ0) is 23.7. The predicted molar refractivity (Wildman–Crippen MR) is 115 cm³/mol. The van der Waals surface area contributed by atoms with E-state index in [1.54, 1.807) is 42.8 Å².